The van der Waals surface area contributed by atoms with E-state index in [0.717, 1.165) is 24.1 Å². The fourth-order valence-electron chi connectivity index (χ4n) is 2.31. The Hall–Kier alpha value is -1.35. The van der Waals surface area contributed by atoms with E-state index in [1.807, 2.05) is 0 Å². The Morgan fingerprint density at radius 1 is 1.04 bits per heavy atom. The number of halogens is 1. The van der Waals surface area contributed by atoms with Crippen LogP contribution in [0.2, 0.25) is 0 Å². The molecular formula is C17H28IN3O3. The lowest BCUT2D eigenvalue weighted by atomic mass is 10.3. The highest BCUT2D eigenvalue weighted by atomic mass is 127. The second-order valence-corrected chi connectivity index (χ2v) is 5.78. The Morgan fingerprint density at radius 3 is 1.96 bits per heavy atom. The molecule has 24 heavy (non-hydrogen) atoms. The number of hydrogen-bond donors (Lipinski definition) is 1. The maximum atomic E-state index is 12.2. The van der Waals surface area contributed by atoms with Crippen molar-refractivity contribution in [2.45, 2.75) is 20.8 Å². The number of rotatable bonds is 7. The maximum absolute atomic E-state index is 12.2. The largest absolute Gasteiger partial charge is 1.00 e. The predicted molar refractivity (Wildman–Crippen MR) is 91.5 cm³/mol. The van der Waals surface area contributed by atoms with Gasteiger partial charge < -0.3 is 43.4 Å². The molecule has 0 aliphatic heterocycles. The Morgan fingerprint density at radius 2 is 1.54 bits per heavy atom. The molecule has 0 aromatic heterocycles. The number of nitrogens with one attached hydrogen (secondary N) is 1. The van der Waals surface area contributed by atoms with Crippen LogP contribution in [0.4, 0.5) is 10.5 Å². The highest BCUT2D eigenvalue weighted by molar-refractivity contribution is 5.91. The topological polar surface area (TPSA) is 58.6 Å². The van der Waals surface area contributed by atoms with Crippen molar-refractivity contribution in [3.05, 3.63) is 24.3 Å². The number of carbonyl (C=O) groups is 2. The van der Waals surface area contributed by atoms with Gasteiger partial charge in [0, 0.05) is 19.8 Å². The molecule has 0 spiro atoms. The summed E-state index contributed by atoms with van der Waals surface area (Å²) in [4.78, 5) is 25.1. The van der Waals surface area contributed by atoms with Gasteiger partial charge in [-0.2, -0.15) is 0 Å². The van der Waals surface area contributed by atoms with Crippen LogP contribution in [0.3, 0.4) is 0 Å². The van der Waals surface area contributed by atoms with Gasteiger partial charge >= 0.3 is 6.09 Å². The zero-order valence-corrected chi connectivity index (χ0v) is 17.3. The summed E-state index contributed by atoms with van der Waals surface area (Å²) >= 11 is 0. The lowest BCUT2D eigenvalue weighted by Crippen LogP contribution is -3.00. The molecule has 2 amide bonds. The smallest absolute Gasteiger partial charge is 0.414 e. The van der Waals surface area contributed by atoms with Gasteiger partial charge in [-0.05, 0) is 45.0 Å². The first-order chi connectivity index (χ1) is 10.9. The number of benzene rings is 1. The second kappa shape index (κ2) is 10.5. The Balaban J connectivity index is 0.00000529. The third-order valence-electron chi connectivity index (χ3n) is 4.20. The lowest BCUT2D eigenvalue weighted by molar-refractivity contribution is -0.915. The van der Waals surface area contributed by atoms with E-state index in [9.17, 15) is 9.59 Å². The van der Waals surface area contributed by atoms with Gasteiger partial charge in [0.1, 0.15) is 5.75 Å². The average molecular weight is 449 g/mol. The fraction of sp³-hybridized carbons (Fsp3) is 0.529. The van der Waals surface area contributed by atoms with Gasteiger partial charge in [-0.3, -0.25) is 4.79 Å². The van der Waals surface area contributed by atoms with Crippen LogP contribution in [0, 0.1) is 0 Å². The van der Waals surface area contributed by atoms with Gasteiger partial charge in [0.15, 0.2) is 6.54 Å². The van der Waals surface area contributed by atoms with Crippen LogP contribution < -0.4 is 34.0 Å². The monoisotopic (exact) mass is 449 g/mol. The molecule has 0 aliphatic carbocycles. The van der Waals surface area contributed by atoms with E-state index in [1.54, 1.807) is 38.4 Å². The Labute approximate surface area is 161 Å². The van der Waals surface area contributed by atoms with E-state index in [1.165, 1.54) is 4.90 Å². The van der Waals surface area contributed by atoms with Crippen molar-refractivity contribution in [3.63, 3.8) is 0 Å². The van der Waals surface area contributed by atoms with Crippen molar-refractivity contribution in [3.8, 4) is 5.75 Å². The fourth-order valence-corrected chi connectivity index (χ4v) is 2.31. The minimum Gasteiger partial charge on any atom is -1.00 e. The van der Waals surface area contributed by atoms with Crippen molar-refractivity contribution in [2.75, 3.05) is 45.6 Å². The molecule has 0 heterocycles. The van der Waals surface area contributed by atoms with Crippen molar-refractivity contribution >= 4 is 17.7 Å². The molecule has 0 fully saturated rings. The van der Waals surface area contributed by atoms with Crippen LogP contribution in [-0.2, 0) is 4.79 Å². The van der Waals surface area contributed by atoms with Crippen LogP contribution in [0.1, 0.15) is 20.8 Å². The number of anilines is 1. The molecule has 7 heteroatoms. The van der Waals surface area contributed by atoms with Gasteiger partial charge in [-0.1, -0.05) is 0 Å². The Kier molecular flexibility index (Phi) is 9.91. The summed E-state index contributed by atoms with van der Waals surface area (Å²) in [6, 6.07) is 6.79. The molecule has 0 saturated carbocycles. The molecule has 0 saturated heterocycles. The third kappa shape index (κ3) is 6.64. The van der Waals surface area contributed by atoms with E-state index in [4.69, 9.17) is 4.74 Å². The summed E-state index contributed by atoms with van der Waals surface area (Å²) in [7, 11) is 3.24. The molecule has 0 radical (unpaired) electrons. The number of carbonyl (C=O) groups excluding carboxylic acids is 2. The van der Waals surface area contributed by atoms with Crippen molar-refractivity contribution in [2.24, 2.45) is 0 Å². The first-order valence-electron chi connectivity index (χ1n) is 8.00. The summed E-state index contributed by atoms with van der Waals surface area (Å²) in [5.41, 5.74) is 0.695. The number of quaternary nitrogens is 1. The molecule has 1 aromatic rings. The molecule has 0 unspecified atom stereocenters. The van der Waals surface area contributed by atoms with Crippen LogP contribution in [0.25, 0.3) is 0 Å². The van der Waals surface area contributed by atoms with Crippen LogP contribution in [0.15, 0.2) is 24.3 Å². The first kappa shape index (κ1) is 22.6. The number of likely N-dealkylation sites (N-methyl/N-ethyl adjacent to an activating group) is 1. The highest BCUT2D eigenvalue weighted by Crippen LogP contribution is 2.17. The quantitative estimate of drug-likeness (QED) is 0.454. The Bertz CT molecular complexity index is 520. The average Bonchev–Trinajstić information content (AvgIpc) is 2.54. The van der Waals surface area contributed by atoms with Crippen LogP contribution in [0.5, 0.6) is 5.75 Å². The zero-order chi connectivity index (χ0) is 17.5. The molecule has 1 aromatic carbocycles. The number of hydrogen-bond acceptors (Lipinski definition) is 3. The van der Waals surface area contributed by atoms with E-state index in [0.29, 0.717) is 18.0 Å². The van der Waals surface area contributed by atoms with Gasteiger partial charge in [0.25, 0.3) is 5.91 Å². The minimum atomic E-state index is -0.433. The predicted octanol–water partition coefficient (Wildman–Crippen LogP) is -0.434. The summed E-state index contributed by atoms with van der Waals surface area (Å²) < 4.78 is 5.91. The second-order valence-electron chi connectivity index (χ2n) is 5.78. The van der Waals surface area contributed by atoms with Gasteiger partial charge in [0.05, 0.1) is 19.6 Å². The highest BCUT2D eigenvalue weighted by Gasteiger charge is 2.24. The number of nitrogens with zero attached hydrogens (tertiary/aromatic N) is 2. The van der Waals surface area contributed by atoms with E-state index in [2.05, 4.69) is 26.1 Å². The molecule has 0 bridgehead atoms. The molecule has 136 valence electrons. The third-order valence-corrected chi connectivity index (χ3v) is 4.20. The summed E-state index contributed by atoms with van der Waals surface area (Å²) in [5.74, 6) is 0.441. The first-order valence-corrected chi connectivity index (χ1v) is 8.00. The molecule has 1 N–H and O–H groups in total. The van der Waals surface area contributed by atoms with E-state index in [-0.39, 0.29) is 29.9 Å². The van der Waals surface area contributed by atoms with Gasteiger partial charge in [-0.25, -0.2) is 4.79 Å². The van der Waals surface area contributed by atoms with E-state index >= 15 is 0 Å². The maximum Gasteiger partial charge on any atom is 0.414 e. The summed E-state index contributed by atoms with van der Waals surface area (Å²) in [6.45, 7) is 9.57. The zero-order valence-electron chi connectivity index (χ0n) is 15.1. The summed E-state index contributed by atoms with van der Waals surface area (Å²) in [6.07, 6.45) is -0.433. The minimum absolute atomic E-state index is 0. The van der Waals surface area contributed by atoms with Crippen molar-refractivity contribution in [1.29, 1.82) is 0 Å². The van der Waals surface area contributed by atoms with E-state index < -0.39 is 6.09 Å². The van der Waals surface area contributed by atoms with Crippen LogP contribution in [-0.4, -0.2) is 61.7 Å². The molecule has 1 rings (SSSR count). The van der Waals surface area contributed by atoms with Crippen molar-refractivity contribution < 1.29 is 42.8 Å². The molecule has 0 atom stereocenters. The van der Waals surface area contributed by atoms with Gasteiger partial charge in [0.2, 0.25) is 0 Å². The lowest BCUT2D eigenvalue weighted by Gasteiger charge is -2.34. The normalized spacial score (nSPS) is 10.5. The summed E-state index contributed by atoms with van der Waals surface area (Å²) in [5, 5.41) is 2.90. The number of amides is 2. The van der Waals surface area contributed by atoms with Crippen molar-refractivity contribution in [1.82, 2.24) is 4.90 Å². The molecular weight excluding hydrogens is 421 g/mol. The SMILES string of the molecule is CC[N+](CC)(CC)CC(=O)Nc1ccc(OC(=O)N(C)C)cc1.[I-]. The van der Waals surface area contributed by atoms with Crippen LogP contribution >= 0.6 is 0 Å². The van der Waals surface area contributed by atoms with Gasteiger partial charge in [-0.15, -0.1) is 0 Å². The standard InChI is InChI=1S/C17H27N3O3.HI/c1-6-20(7-2,8-3)13-16(21)18-14-9-11-15(12-10-14)23-17(22)19(4)5;/h9-12H,6-8,13H2,1-5H3;1H. The number of ether oxygens (including phenoxy) is 1. The molecule has 6 nitrogen and oxygen atoms in total. The molecule has 0 aliphatic rings.